The first-order valence-electron chi connectivity index (χ1n) is 11.2. The van der Waals surface area contributed by atoms with Crippen LogP contribution in [0.2, 0.25) is 0 Å². The summed E-state index contributed by atoms with van der Waals surface area (Å²) in [6.07, 6.45) is 8.83. The number of allylic oxidation sites excluding steroid dienone is 2. The van der Waals surface area contributed by atoms with Gasteiger partial charge in [0.05, 0.1) is 22.8 Å². The summed E-state index contributed by atoms with van der Waals surface area (Å²) in [5, 5.41) is 0.966. The number of ether oxygens (including phenoxy) is 1. The van der Waals surface area contributed by atoms with Gasteiger partial charge in [-0.2, -0.15) is 0 Å². The van der Waals surface area contributed by atoms with Crippen LogP contribution in [0, 0.1) is 0 Å². The van der Waals surface area contributed by atoms with Crippen molar-refractivity contribution in [3.05, 3.63) is 58.3 Å². The summed E-state index contributed by atoms with van der Waals surface area (Å²) in [5.41, 5.74) is 11.6. The summed E-state index contributed by atoms with van der Waals surface area (Å²) < 4.78 is 33.0. The molecule has 0 saturated carbocycles. The number of thiazole rings is 1. The van der Waals surface area contributed by atoms with Crippen LogP contribution in [0.5, 0.6) is 0 Å². The predicted molar refractivity (Wildman–Crippen MR) is 131 cm³/mol. The minimum atomic E-state index is -3.25. The molecule has 1 aromatic heterocycles. The maximum absolute atomic E-state index is 12.1. The van der Waals surface area contributed by atoms with Gasteiger partial charge >= 0.3 is 0 Å². The van der Waals surface area contributed by atoms with Crippen LogP contribution < -0.4 is 10.5 Å². The molecule has 0 amide bonds. The molecule has 2 unspecified atom stereocenters. The van der Waals surface area contributed by atoms with Crippen LogP contribution in [-0.4, -0.2) is 37.9 Å². The molecule has 2 atom stereocenters. The van der Waals surface area contributed by atoms with Crippen molar-refractivity contribution in [2.75, 3.05) is 12.3 Å². The van der Waals surface area contributed by atoms with Crippen molar-refractivity contribution in [3.8, 4) is 10.4 Å². The highest BCUT2D eigenvalue weighted by Gasteiger charge is 2.28. The minimum absolute atomic E-state index is 0.0319. The van der Waals surface area contributed by atoms with Crippen molar-refractivity contribution in [1.29, 1.82) is 0 Å². The van der Waals surface area contributed by atoms with Crippen molar-refractivity contribution in [3.63, 3.8) is 0 Å². The average Bonchev–Trinajstić information content (AvgIpc) is 3.41. The average molecular weight is 474 g/mol. The van der Waals surface area contributed by atoms with Crippen LogP contribution in [0.4, 0.5) is 0 Å². The van der Waals surface area contributed by atoms with Gasteiger partial charge in [-0.3, -0.25) is 0 Å². The van der Waals surface area contributed by atoms with Gasteiger partial charge < -0.3 is 10.5 Å². The molecule has 6 nitrogen and oxygen atoms in total. The number of hydrogen-bond donors (Lipinski definition) is 2. The normalized spacial score (nSPS) is 20.9. The number of hydrogen-bond acceptors (Lipinski definition) is 6. The van der Waals surface area contributed by atoms with E-state index in [-0.39, 0.29) is 24.0 Å². The summed E-state index contributed by atoms with van der Waals surface area (Å²) in [4.78, 5) is 5.80. The molecule has 0 radical (unpaired) electrons. The third kappa shape index (κ3) is 4.89. The van der Waals surface area contributed by atoms with E-state index in [2.05, 4.69) is 22.9 Å². The Balaban J connectivity index is 1.59. The molecule has 0 fully saturated rings. The zero-order valence-corrected chi connectivity index (χ0v) is 20.4. The highest BCUT2D eigenvalue weighted by atomic mass is 32.2. The Morgan fingerprint density at radius 1 is 1.34 bits per heavy atom. The second kappa shape index (κ2) is 9.57. The Morgan fingerprint density at radius 3 is 2.88 bits per heavy atom. The Kier molecular flexibility index (Phi) is 6.97. The Hall–Kier alpha value is -1.84. The number of nitrogens with zero attached hydrogens (tertiary/aromatic N) is 1. The Morgan fingerprint density at radius 2 is 2.16 bits per heavy atom. The minimum Gasteiger partial charge on any atom is -0.371 e. The third-order valence-corrected chi connectivity index (χ3v) is 8.45. The number of nitrogens with one attached hydrogen (secondary N) is 1. The first kappa shape index (κ1) is 23.3. The van der Waals surface area contributed by atoms with Crippen molar-refractivity contribution in [2.45, 2.75) is 58.3 Å². The summed E-state index contributed by atoms with van der Waals surface area (Å²) in [5.74, 6) is 0.0905. The van der Waals surface area contributed by atoms with E-state index >= 15 is 0 Å². The van der Waals surface area contributed by atoms with Crippen LogP contribution >= 0.6 is 11.3 Å². The molecule has 1 heterocycles. The molecule has 2 aliphatic carbocycles. The van der Waals surface area contributed by atoms with Gasteiger partial charge in [0.25, 0.3) is 0 Å². The van der Waals surface area contributed by atoms with Crippen LogP contribution in [0.1, 0.15) is 55.8 Å². The highest BCUT2D eigenvalue weighted by Crippen LogP contribution is 2.41. The number of benzene rings is 1. The van der Waals surface area contributed by atoms with E-state index in [9.17, 15) is 8.42 Å². The van der Waals surface area contributed by atoms with Gasteiger partial charge in [-0.25, -0.2) is 18.1 Å². The number of aromatic nitrogens is 1. The fraction of sp³-hybridized carbons (Fsp3) is 0.458. The quantitative estimate of drug-likeness (QED) is 0.599. The van der Waals surface area contributed by atoms with Crippen LogP contribution in [0.25, 0.3) is 16.0 Å². The van der Waals surface area contributed by atoms with E-state index in [1.165, 1.54) is 5.56 Å². The van der Waals surface area contributed by atoms with Crippen molar-refractivity contribution in [1.82, 2.24) is 9.71 Å². The summed E-state index contributed by atoms with van der Waals surface area (Å²) in [6, 6.07) is 5.99. The number of fused-ring (bicyclic) bond motifs is 1. The van der Waals surface area contributed by atoms with Crippen molar-refractivity contribution >= 4 is 26.9 Å². The van der Waals surface area contributed by atoms with Gasteiger partial charge in [0.1, 0.15) is 5.01 Å². The molecule has 172 valence electrons. The fourth-order valence-electron chi connectivity index (χ4n) is 4.39. The Bertz CT molecular complexity index is 1150. The molecule has 32 heavy (non-hydrogen) atoms. The molecular weight excluding hydrogens is 442 g/mol. The van der Waals surface area contributed by atoms with E-state index in [4.69, 9.17) is 15.5 Å². The van der Waals surface area contributed by atoms with Gasteiger partial charge in [0.2, 0.25) is 10.0 Å². The van der Waals surface area contributed by atoms with Gasteiger partial charge in [0, 0.05) is 24.4 Å². The zero-order chi connectivity index (χ0) is 22.9. The lowest BCUT2D eigenvalue weighted by molar-refractivity contribution is 0.0297. The smallest absolute Gasteiger partial charge is 0.211 e. The van der Waals surface area contributed by atoms with E-state index in [1.807, 2.05) is 32.2 Å². The van der Waals surface area contributed by atoms with E-state index in [0.29, 0.717) is 6.54 Å². The maximum atomic E-state index is 12.1. The maximum Gasteiger partial charge on any atom is 0.211 e. The van der Waals surface area contributed by atoms with Crippen molar-refractivity contribution in [2.24, 2.45) is 5.73 Å². The summed E-state index contributed by atoms with van der Waals surface area (Å²) in [6.45, 7) is 6.20. The molecule has 2 aromatic rings. The molecule has 0 aliphatic heterocycles. The number of rotatable bonds is 8. The van der Waals surface area contributed by atoms with E-state index in [0.717, 1.165) is 51.4 Å². The molecule has 4 rings (SSSR count). The standard InChI is InChI=1S/C24H31N3O3S2/c1-4-32(28,29)27-21-10-9-18-19(21)6-5-7-20(18)23-14-26-24(31-23)16-8-11-22(30-15(2)3)17(12-16)13-25/h5-8,12,14-15,21-22,27H,4,9-11,13,25H2,1-3H3. The van der Waals surface area contributed by atoms with Gasteiger partial charge in [-0.1, -0.05) is 24.3 Å². The van der Waals surface area contributed by atoms with Gasteiger partial charge in [-0.05, 0) is 68.4 Å². The molecule has 8 heteroatoms. The first-order valence-corrected chi connectivity index (χ1v) is 13.6. The fourth-order valence-corrected chi connectivity index (χ4v) is 6.21. The molecule has 0 spiro atoms. The third-order valence-electron chi connectivity index (χ3n) is 5.97. The zero-order valence-electron chi connectivity index (χ0n) is 18.8. The topological polar surface area (TPSA) is 94.3 Å². The largest absolute Gasteiger partial charge is 0.371 e. The SMILES string of the molecule is CCS(=O)(=O)NC1CCc2c(-c3cnc(C4=CCC(OC(C)C)C(CN)=C4)s3)cccc21. The summed E-state index contributed by atoms with van der Waals surface area (Å²) in [7, 11) is -3.25. The second-order valence-corrected chi connectivity index (χ2v) is 11.6. The molecule has 0 bridgehead atoms. The molecule has 3 N–H and O–H groups in total. The van der Waals surface area contributed by atoms with Gasteiger partial charge in [-0.15, -0.1) is 11.3 Å². The van der Waals surface area contributed by atoms with Crippen LogP contribution in [0.15, 0.2) is 42.1 Å². The Labute approximate surface area is 194 Å². The molecule has 2 aliphatic rings. The second-order valence-electron chi connectivity index (χ2n) is 8.51. The molecule has 0 saturated heterocycles. The van der Waals surface area contributed by atoms with Crippen molar-refractivity contribution < 1.29 is 13.2 Å². The number of nitrogens with two attached hydrogens (primary N) is 1. The highest BCUT2D eigenvalue weighted by molar-refractivity contribution is 7.89. The monoisotopic (exact) mass is 473 g/mol. The predicted octanol–water partition coefficient (Wildman–Crippen LogP) is 4.20. The van der Waals surface area contributed by atoms with Crippen LogP contribution in [-0.2, 0) is 21.2 Å². The lowest BCUT2D eigenvalue weighted by Crippen LogP contribution is -2.28. The lowest BCUT2D eigenvalue weighted by atomic mass is 9.96. The molecule has 1 aromatic carbocycles. The first-order chi connectivity index (χ1) is 15.3. The van der Waals surface area contributed by atoms with E-state index in [1.54, 1.807) is 18.3 Å². The lowest BCUT2D eigenvalue weighted by Gasteiger charge is -2.25. The summed E-state index contributed by atoms with van der Waals surface area (Å²) >= 11 is 1.66. The van der Waals surface area contributed by atoms with E-state index < -0.39 is 10.0 Å². The molecular formula is C24H31N3O3S2. The van der Waals surface area contributed by atoms with Gasteiger partial charge in [0.15, 0.2) is 0 Å². The number of sulfonamides is 1. The van der Waals surface area contributed by atoms with Crippen LogP contribution in [0.3, 0.4) is 0 Å².